The number of nitrogens with zero attached hydrogens (tertiary/aromatic N) is 1. The van der Waals surface area contributed by atoms with Crippen LogP contribution in [0.2, 0.25) is 0 Å². The molecule has 1 aromatic rings. The van der Waals surface area contributed by atoms with Gasteiger partial charge in [-0.2, -0.15) is 0 Å². The topological polar surface area (TPSA) is 29.5 Å². The second kappa shape index (κ2) is 8.15. The summed E-state index contributed by atoms with van der Waals surface area (Å²) in [5.41, 5.74) is 1.02. The molecule has 1 amide bonds. The molecule has 1 unspecified atom stereocenters. The van der Waals surface area contributed by atoms with Crippen molar-refractivity contribution in [2.45, 2.75) is 44.8 Å². The zero-order valence-corrected chi connectivity index (χ0v) is 12.5. The molecular formula is C16H22ClNO2. The molecule has 110 valence electrons. The molecular weight excluding hydrogens is 274 g/mol. The summed E-state index contributed by atoms with van der Waals surface area (Å²) in [4.78, 5) is 14.1. The molecule has 20 heavy (non-hydrogen) atoms. The van der Waals surface area contributed by atoms with Crippen LogP contribution in [0.15, 0.2) is 30.3 Å². The summed E-state index contributed by atoms with van der Waals surface area (Å²) in [6, 6.07) is 10.1. The van der Waals surface area contributed by atoms with Crippen LogP contribution >= 0.6 is 11.6 Å². The van der Waals surface area contributed by atoms with Gasteiger partial charge in [-0.1, -0.05) is 30.3 Å². The smallest absolute Gasteiger partial charge is 0.410 e. The van der Waals surface area contributed by atoms with E-state index < -0.39 is 0 Å². The number of benzene rings is 1. The minimum absolute atomic E-state index is 0.187. The summed E-state index contributed by atoms with van der Waals surface area (Å²) in [7, 11) is 0. The zero-order chi connectivity index (χ0) is 14.2. The van der Waals surface area contributed by atoms with Crippen molar-refractivity contribution < 1.29 is 9.53 Å². The summed E-state index contributed by atoms with van der Waals surface area (Å²) in [6.07, 6.45) is 5.07. The molecule has 0 saturated carbocycles. The van der Waals surface area contributed by atoms with Crippen LogP contribution in [-0.4, -0.2) is 29.5 Å². The first kappa shape index (κ1) is 15.2. The normalized spacial score (nSPS) is 18.9. The molecule has 0 bridgehead atoms. The minimum Gasteiger partial charge on any atom is -0.445 e. The van der Waals surface area contributed by atoms with Crippen LogP contribution in [0.1, 0.15) is 37.7 Å². The van der Waals surface area contributed by atoms with Crippen molar-refractivity contribution in [3.8, 4) is 0 Å². The predicted octanol–water partition coefficient (Wildman–Crippen LogP) is 4.20. The number of ether oxygens (including phenoxy) is 1. The Labute approximate surface area is 125 Å². The van der Waals surface area contributed by atoms with Crippen LogP contribution in [0.5, 0.6) is 0 Å². The highest BCUT2D eigenvalue weighted by atomic mass is 35.5. The van der Waals surface area contributed by atoms with Crippen LogP contribution in [0.4, 0.5) is 4.79 Å². The van der Waals surface area contributed by atoms with Crippen molar-refractivity contribution in [3.63, 3.8) is 0 Å². The van der Waals surface area contributed by atoms with Gasteiger partial charge in [-0.25, -0.2) is 4.79 Å². The third-order valence-corrected chi connectivity index (χ3v) is 4.01. The number of carbonyl (C=O) groups excluding carboxylic acids is 1. The molecule has 1 heterocycles. The van der Waals surface area contributed by atoms with E-state index in [2.05, 4.69) is 0 Å². The Morgan fingerprint density at radius 3 is 2.85 bits per heavy atom. The second-order valence-electron chi connectivity index (χ2n) is 5.21. The van der Waals surface area contributed by atoms with Crippen LogP contribution in [0, 0.1) is 0 Å². The summed E-state index contributed by atoms with van der Waals surface area (Å²) in [6.45, 7) is 1.15. The van der Waals surface area contributed by atoms with E-state index in [0.717, 1.165) is 37.8 Å². The van der Waals surface area contributed by atoms with Gasteiger partial charge in [0.1, 0.15) is 6.61 Å². The second-order valence-corrected chi connectivity index (χ2v) is 5.59. The molecule has 0 spiro atoms. The SMILES string of the molecule is O=C(OCc1ccccc1)N1CCCCC1CCCCl. The lowest BCUT2D eigenvalue weighted by molar-refractivity contribution is 0.0659. The van der Waals surface area contributed by atoms with Gasteiger partial charge in [-0.05, 0) is 37.7 Å². The number of carbonyl (C=O) groups is 1. The number of amides is 1. The number of likely N-dealkylation sites (tertiary alicyclic amines) is 1. The van der Waals surface area contributed by atoms with E-state index in [4.69, 9.17) is 16.3 Å². The Kier molecular flexibility index (Phi) is 6.19. The fraction of sp³-hybridized carbons (Fsp3) is 0.562. The Bertz CT molecular complexity index is 410. The van der Waals surface area contributed by atoms with Gasteiger partial charge in [-0.3, -0.25) is 0 Å². The Balaban J connectivity index is 1.85. The van der Waals surface area contributed by atoms with Crippen molar-refractivity contribution in [2.75, 3.05) is 12.4 Å². The minimum atomic E-state index is -0.187. The fourth-order valence-electron chi connectivity index (χ4n) is 2.66. The van der Waals surface area contributed by atoms with Crippen molar-refractivity contribution in [2.24, 2.45) is 0 Å². The maximum Gasteiger partial charge on any atom is 0.410 e. The molecule has 1 aliphatic rings. The number of rotatable bonds is 5. The monoisotopic (exact) mass is 295 g/mol. The van der Waals surface area contributed by atoms with Gasteiger partial charge in [-0.15, -0.1) is 11.6 Å². The number of halogens is 1. The van der Waals surface area contributed by atoms with Crippen LogP contribution in [-0.2, 0) is 11.3 Å². The molecule has 1 fully saturated rings. The third kappa shape index (κ3) is 4.41. The Morgan fingerprint density at radius 1 is 1.30 bits per heavy atom. The lowest BCUT2D eigenvalue weighted by Crippen LogP contribution is -2.44. The molecule has 3 nitrogen and oxygen atoms in total. The molecule has 0 radical (unpaired) electrons. The quantitative estimate of drug-likeness (QED) is 0.762. The van der Waals surface area contributed by atoms with Gasteiger partial charge in [0.15, 0.2) is 0 Å². The zero-order valence-electron chi connectivity index (χ0n) is 11.8. The van der Waals surface area contributed by atoms with Crippen LogP contribution in [0.3, 0.4) is 0 Å². The molecule has 0 aromatic heterocycles. The van der Waals surface area contributed by atoms with Crippen molar-refractivity contribution in [1.29, 1.82) is 0 Å². The summed E-state index contributed by atoms with van der Waals surface area (Å²) >= 11 is 5.75. The van der Waals surface area contributed by atoms with E-state index in [9.17, 15) is 4.79 Å². The van der Waals surface area contributed by atoms with Crippen LogP contribution in [0.25, 0.3) is 0 Å². The van der Waals surface area contributed by atoms with Gasteiger partial charge in [0, 0.05) is 18.5 Å². The van der Waals surface area contributed by atoms with Gasteiger partial charge < -0.3 is 9.64 Å². The molecule has 1 saturated heterocycles. The average molecular weight is 296 g/mol. The average Bonchev–Trinajstić information content (AvgIpc) is 2.52. The Hall–Kier alpha value is -1.22. The molecule has 0 aliphatic carbocycles. The van der Waals surface area contributed by atoms with Crippen molar-refractivity contribution >= 4 is 17.7 Å². The molecule has 2 rings (SSSR count). The molecule has 1 atom stereocenters. The highest BCUT2D eigenvalue weighted by Gasteiger charge is 2.27. The highest BCUT2D eigenvalue weighted by molar-refractivity contribution is 6.17. The van der Waals surface area contributed by atoms with Gasteiger partial charge >= 0.3 is 6.09 Å². The van der Waals surface area contributed by atoms with Crippen LogP contribution < -0.4 is 0 Å². The van der Waals surface area contributed by atoms with E-state index in [1.807, 2.05) is 35.2 Å². The molecule has 1 aliphatic heterocycles. The van der Waals surface area contributed by atoms with E-state index in [-0.39, 0.29) is 6.09 Å². The van der Waals surface area contributed by atoms with Crippen molar-refractivity contribution in [1.82, 2.24) is 4.90 Å². The first-order chi connectivity index (χ1) is 9.81. The standard InChI is InChI=1S/C16H22ClNO2/c17-11-6-10-15-9-4-5-12-18(15)16(19)20-13-14-7-2-1-3-8-14/h1-3,7-8,15H,4-6,9-13H2. The lowest BCUT2D eigenvalue weighted by Gasteiger charge is -2.34. The largest absolute Gasteiger partial charge is 0.445 e. The van der Waals surface area contributed by atoms with Crippen molar-refractivity contribution in [3.05, 3.63) is 35.9 Å². The maximum atomic E-state index is 12.2. The predicted molar refractivity (Wildman–Crippen MR) is 80.9 cm³/mol. The highest BCUT2D eigenvalue weighted by Crippen LogP contribution is 2.22. The summed E-state index contributed by atoms with van der Waals surface area (Å²) in [5, 5.41) is 0. The first-order valence-corrected chi connectivity index (χ1v) is 7.88. The third-order valence-electron chi connectivity index (χ3n) is 3.74. The maximum absolute atomic E-state index is 12.2. The number of alkyl halides is 1. The first-order valence-electron chi connectivity index (χ1n) is 7.34. The number of piperidine rings is 1. The lowest BCUT2D eigenvalue weighted by atomic mass is 9.99. The Morgan fingerprint density at radius 2 is 2.10 bits per heavy atom. The number of hydrogen-bond acceptors (Lipinski definition) is 2. The molecule has 0 N–H and O–H groups in total. The van der Waals surface area contributed by atoms with E-state index in [0.29, 0.717) is 18.5 Å². The fourth-order valence-corrected chi connectivity index (χ4v) is 2.81. The summed E-state index contributed by atoms with van der Waals surface area (Å²) < 4.78 is 5.43. The van der Waals surface area contributed by atoms with E-state index in [1.54, 1.807) is 0 Å². The molecule has 4 heteroatoms. The number of hydrogen-bond donors (Lipinski definition) is 0. The van der Waals surface area contributed by atoms with Gasteiger partial charge in [0.2, 0.25) is 0 Å². The molecule has 1 aromatic carbocycles. The van der Waals surface area contributed by atoms with Gasteiger partial charge in [0.25, 0.3) is 0 Å². The van der Waals surface area contributed by atoms with E-state index in [1.165, 1.54) is 6.42 Å². The van der Waals surface area contributed by atoms with Gasteiger partial charge in [0.05, 0.1) is 0 Å². The van der Waals surface area contributed by atoms with E-state index >= 15 is 0 Å². The summed E-state index contributed by atoms with van der Waals surface area (Å²) in [5.74, 6) is 0.656.